The van der Waals surface area contributed by atoms with Crippen molar-refractivity contribution in [3.8, 4) is 0 Å². The average Bonchev–Trinajstić information content (AvgIpc) is 2.56. The fraction of sp³-hybridized carbons (Fsp3) is 0.529. The molecule has 1 N–H and O–H groups in total. The molecule has 0 saturated heterocycles. The number of amides is 1. The molecule has 0 bridgehead atoms. The van der Waals surface area contributed by atoms with Crippen LogP contribution in [0.4, 0.5) is 0 Å². The Morgan fingerprint density at radius 1 is 1.31 bits per heavy atom. The van der Waals surface area contributed by atoms with Gasteiger partial charge in [-0.25, -0.2) is 9.99 Å². The second-order valence-electron chi connectivity index (χ2n) is 7.18. The summed E-state index contributed by atoms with van der Waals surface area (Å²) in [6, 6.07) is -0.358. The number of hydrazone groups is 1. The molecule has 1 aromatic heterocycles. The van der Waals surface area contributed by atoms with Crippen LogP contribution < -0.4 is 4.72 Å². The highest BCUT2D eigenvalue weighted by atomic mass is 32.2. The van der Waals surface area contributed by atoms with Crippen LogP contribution in [0, 0.1) is 0 Å². The molecule has 1 aromatic rings. The first kappa shape index (κ1) is 20.3. The van der Waals surface area contributed by atoms with E-state index in [4.69, 9.17) is 4.74 Å². The van der Waals surface area contributed by atoms with Crippen molar-refractivity contribution in [3.63, 3.8) is 0 Å². The highest BCUT2D eigenvalue weighted by molar-refractivity contribution is 7.90. The molecular formula is C17H25N5O3S. The summed E-state index contributed by atoms with van der Waals surface area (Å²) in [5, 5.41) is 5.39. The second-order valence-corrected chi connectivity index (χ2v) is 9.17. The van der Waals surface area contributed by atoms with Crippen LogP contribution >= 0.6 is 0 Å². The predicted octanol–water partition coefficient (Wildman–Crippen LogP) is 2.03. The number of nitrogens with zero attached hydrogens (tertiary/aromatic N) is 4. The molecular weight excluding hydrogens is 354 g/mol. The molecule has 0 fully saturated rings. The van der Waals surface area contributed by atoms with Crippen molar-refractivity contribution in [1.82, 2.24) is 19.7 Å². The molecule has 9 heteroatoms. The maximum atomic E-state index is 12.4. The third-order valence-corrected chi connectivity index (χ3v) is 5.24. The van der Waals surface area contributed by atoms with E-state index in [9.17, 15) is 9.35 Å². The maximum Gasteiger partial charge on any atom is 0.309 e. The molecule has 2 heterocycles. The van der Waals surface area contributed by atoms with Crippen molar-refractivity contribution in [1.29, 1.82) is 0 Å². The first-order chi connectivity index (χ1) is 12.0. The lowest BCUT2D eigenvalue weighted by Crippen LogP contribution is -2.41. The predicted molar refractivity (Wildman–Crippen MR) is 100 cm³/mol. The van der Waals surface area contributed by atoms with Gasteiger partial charge in [0.25, 0.3) is 5.90 Å². The lowest BCUT2D eigenvalue weighted by atomic mass is 10.2. The van der Waals surface area contributed by atoms with E-state index >= 15 is 0 Å². The minimum absolute atomic E-state index is 0.182. The van der Waals surface area contributed by atoms with Gasteiger partial charge >= 0.3 is 5.91 Å². The molecule has 0 saturated carbocycles. The van der Waals surface area contributed by atoms with Crippen LogP contribution in [-0.2, 0) is 20.9 Å². The monoisotopic (exact) mass is 379 g/mol. The summed E-state index contributed by atoms with van der Waals surface area (Å²) in [6.07, 6.45) is 3.08. The summed E-state index contributed by atoms with van der Waals surface area (Å²) in [4.78, 5) is 20.9. The number of allylic oxidation sites excluding steroid dienone is 1. The van der Waals surface area contributed by atoms with Crippen molar-refractivity contribution >= 4 is 23.2 Å². The minimum Gasteiger partial charge on any atom is -0.598 e. The first-order valence-electron chi connectivity index (χ1n) is 8.23. The van der Waals surface area contributed by atoms with Crippen LogP contribution in [0.15, 0.2) is 28.8 Å². The van der Waals surface area contributed by atoms with Crippen molar-refractivity contribution in [2.75, 3.05) is 7.05 Å². The molecule has 0 spiro atoms. The molecule has 1 aliphatic rings. The van der Waals surface area contributed by atoms with Crippen LogP contribution in [0.3, 0.4) is 0 Å². The Bertz CT molecular complexity index is 753. The third kappa shape index (κ3) is 4.40. The Morgan fingerprint density at radius 3 is 2.50 bits per heavy atom. The Morgan fingerprint density at radius 2 is 1.92 bits per heavy atom. The van der Waals surface area contributed by atoms with Crippen molar-refractivity contribution < 1.29 is 14.1 Å². The van der Waals surface area contributed by atoms with Gasteiger partial charge in [0.2, 0.25) is 0 Å². The summed E-state index contributed by atoms with van der Waals surface area (Å²) >= 11 is -1.28. The number of nitrogens with one attached hydrogen (secondary N) is 1. The Hall–Kier alpha value is -1.97. The Kier molecular flexibility index (Phi) is 6.05. The molecule has 26 heavy (non-hydrogen) atoms. The van der Waals surface area contributed by atoms with Gasteiger partial charge in [-0.15, -0.1) is 9.82 Å². The van der Waals surface area contributed by atoms with Crippen molar-refractivity contribution in [2.45, 2.75) is 52.3 Å². The van der Waals surface area contributed by atoms with Gasteiger partial charge in [0.1, 0.15) is 4.75 Å². The van der Waals surface area contributed by atoms with E-state index in [1.54, 1.807) is 27.1 Å². The molecule has 1 aliphatic heterocycles. The third-order valence-electron chi connectivity index (χ3n) is 3.56. The summed E-state index contributed by atoms with van der Waals surface area (Å²) < 4.78 is 20.7. The lowest BCUT2D eigenvalue weighted by molar-refractivity contribution is -0.129. The number of carbonyl (C=O) groups is 1. The summed E-state index contributed by atoms with van der Waals surface area (Å²) in [5.74, 6) is 0.0776. The maximum absolute atomic E-state index is 12.4. The standard InChI is InChI=1S/C17H25N5O3S/c1-10(2)14-16(23)22(7)20-15(25-14)13-12(18-8-9-19-13)11(3)21-26(24)17(4,5)6/h8-9,11,21H,1-7H3. The fourth-order valence-corrected chi connectivity index (χ4v) is 2.91. The van der Waals surface area contributed by atoms with E-state index in [0.717, 1.165) is 5.57 Å². The number of ether oxygens (including phenoxy) is 1. The number of rotatable bonds is 4. The SMILES string of the molecule is CC(C)=C1OC(c2nccnc2C(C)N[S+]([O-])C(C)(C)C)=NN(C)C1=O. The topological polar surface area (TPSA) is 103 Å². The molecule has 2 unspecified atom stereocenters. The lowest BCUT2D eigenvalue weighted by Gasteiger charge is -2.27. The molecule has 142 valence electrons. The number of carbonyl (C=O) groups excluding carboxylic acids is 1. The zero-order valence-corrected chi connectivity index (χ0v) is 17.0. The van der Waals surface area contributed by atoms with Gasteiger partial charge in [-0.3, -0.25) is 9.78 Å². The van der Waals surface area contributed by atoms with Crippen LogP contribution in [0.2, 0.25) is 0 Å². The quantitative estimate of drug-likeness (QED) is 0.634. The zero-order chi connectivity index (χ0) is 19.6. The Labute approximate surface area is 157 Å². The molecule has 2 atom stereocenters. The van der Waals surface area contributed by atoms with E-state index in [1.807, 2.05) is 27.7 Å². The summed E-state index contributed by atoms with van der Waals surface area (Å²) in [5.41, 5.74) is 1.68. The smallest absolute Gasteiger partial charge is 0.309 e. The van der Waals surface area contributed by atoms with Crippen LogP contribution in [0.5, 0.6) is 0 Å². The number of likely N-dealkylation sites (N-methyl/N-ethyl adjacent to an activating group) is 1. The number of hydrogen-bond acceptors (Lipinski definition) is 7. The highest BCUT2D eigenvalue weighted by Gasteiger charge is 2.33. The van der Waals surface area contributed by atoms with Gasteiger partial charge in [0.15, 0.2) is 11.5 Å². The summed E-state index contributed by atoms with van der Waals surface area (Å²) in [6.45, 7) is 11.1. The summed E-state index contributed by atoms with van der Waals surface area (Å²) in [7, 11) is 1.56. The average molecular weight is 379 g/mol. The molecule has 2 rings (SSSR count). The molecule has 0 radical (unpaired) electrons. The Balaban J connectivity index is 2.39. The van der Waals surface area contributed by atoms with Gasteiger partial charge in [-0.1, -0.05) is 0 Å². The van der Waals surface area contributed by atoms with E-state index in [0.29, 0.717) is 11.4 Å². The van der Waals surface area contributed by atoms with E-state index in [1.165, 1.54) is 11.2 Å². The number of hydrogen-bond donors (Lipinski definition) is 1. The molecule has 8 nitrogen and oxygen atoms in total. The van der Waals surface area contributed by atoms with Gasteiger partial charge < -0.3 is 9.29 Å². The van der Waals surface area contributed by atoms with Crippen molar-refractivity contribution in [2.24, 2.45) is 5.10 Å². The molecule has 0 aliphatic carbocycles. The zero-order valence-electron chi connectivity index (χ0n) is 16.2. The first-order valence-corrected chi connectivity index (χ1v) is 9.38. The van der Waals surface area contributed by atoms with E-state index < -0.39 is 16.1 Å². The second kappa shape index (κ2) is 7.73. The van der Waals surface area contributed by atoms with E-state index in [-0.39, 0.29) is 23.6 Å². The van der Waals surface area contributed by atoms with Crippen LogP contribution in [0.1, 0.15) is 59.0 Å². The van der Waals surface area contributed by atoms with Gasteiger partial charge in [0.05, 0.1) is 11.7 Å². The van der Waals surface area contributed by atoms with Crippen LogP contribution in [0.25, 0.3) is 0 Å². The van der Waals surface area contributed by atoms with Crippen LogP contribution in [-0.4, -0.2) is 43.1 Å². The number of aromatic nitrogens is 2. The van der Waals surface area contributed by atoms with Crippen molar-refractivity contribution in [3.05, 3.63) is 35.1 Å². The molecule has 0 aromatic carbocycles. The minimum atomic E-state index is -1.28. The van der Waals surface area contributed by atoms with E-state index in [2.05, 4.69) is 19.8 Å². The molecule has 1 amide bonds. The normalized spacial score (nSPS) is 17.5. The van der Waals surface area contributed by atoms with Gasteiger partial charge in [-0.2, -0.15) is 0 Å². The highest BCUT2D eigenvalue weighted by Crippen LogP contribution is 2.23. The van der Waals surface area contributed by atoms with Gasteiger partial charge in [-0.05, 0) is 47.1 Å². The largest absolute Gasteiger partial charge is 0.598 e. The fourth-order valence-electron chi connectivity index (χ4n) is 2.12. The van der Waals surface area contributed by atoms with Gasteiger partial charge in [0, 0.05) is 30.8 Å².